The van der Waals surface area contributed by atoms with Crippen molar-refractivity contribution in [2.24, 2.45) is 5.92 Å². The Morgan fingerprint density at radius 2 is 1.62 bits per heavy atom. The van der Waals surface area contributed by atoms with Crippen molar-refractivity contribution < 1.29 is 22.4 Å². The summed E-state index contributed by atoms with van der Waals surface area (Å²) in [6.07, 6.45) is 0. The molecule has 0 saturated carbocycles. The van der Waals surface area contributed by atoms with E-state index in [1.807, 2.05) is 26.8 Å². The molecule has 1 N–H and O–H groups in total. The molecule has 0 aliphatic carbocycles. The highest BCUT2D eigenvalue weighted by Gasteiger charge is 2.32. The largest absolute Gasteiger partial charge is 0.354 e. The molecule has 0 spiro atoms. The third kappa shape index (κ3) is 8.03. The van der Waals surface area contributed by atoms with Crippen LogP contribution in [0.4, 0.5) is 10.1 Å². The maximum absolute atomic E-state index is 13.8. The maximum atomic E-state index is 13.8. The molecular weight excluding hydrogens is 541 g/mol. The number of nitrogens with one attached hydrogen (secondary N) is 1. The molecule has 3 rings (SSSR count). The lowest BCUT2D eigenvalue weighted by Crippen LogP contribution is -2.51. The van der Waals surface area contributed by atoms with Gasteiger partial charge in [-0.2, -0.15) is 0 Å². The molecule has 7 nitrogen and oxygen atoms in total. The summed E-state index contributed by atoms with van der Waals surface area (Å²) < 4.78 is 42.1. The van der Waals surface area contributed by atoms with Crippen LogP contribution in [0, 0.1) is 18.7 Å². The van der Waals surface area contributed by atoms with Crippen LogP contribution in [0.3, 0.4) is 0 Å². The molecule has 1 atom stereocenters. The molecule has 3 aromatic carbocycles. The highest BCUT2D eigenvalue weighted by molar-refractivity contribution is 7.92. The molecule has 0 saturated heterocycles. The second-order valence-corrected chi connectivity index (χ2v) is 12.1. The van der Waals surface area contributed by atoms with Crippen LogP contribution in [-0.4, -0.2) is 44.3 Å². The normalized spacial score (nSPS) is 12.2. The van der Waals surface area contributed by atoms with Gasteiger partial charge in [-0.15, -0.1) is 0 Å². The Morgan fingerprint density at radius 1 is 0.974 bits per heavy atom. The van der Waals surface area contributed by atoms with Gasteiger partial charge in [0.1, 0.15) is 18.4 Å². The van der Waals surface area contributed by atoms with Crippen LogP contribution >= 0.6 is 11.6 Å². The van der Waals surface area contributed by atoms with E-state index >= 15 is 0 Å². The van der Waals surface area contributed by atoms with E-state index in [0.717, 1.165) is 9.87 Å². The zero-order valence-electron chi connectivity index (χ0n) is 22.4. The van der Waals surface area contributed by atoms with Gasteiger partial charge < -0.3 is 10.2 Å². The summed E-state index contributed by atoms with van der Waals surface area (Å²) in [6, 6.07) is 17.2. The molecule has 0 heterocycles. The van der Waals surface area contributed by atoms with Crippen molar-refractivity contribution in [2.75, 3.05) is 17.4 Å². The van der Waals surface area contributed by atoms with Gasteiger partial charge in [-0.05, 0) is 79.4 Å². The zero-order chi connectivity index (χ0) is 28.7. The van der Waals surface area contributed by atoms with Crippen molar-refractivity contribution in [1.29, 1.82) is 0 Å². The summed E-state index contributed by atoms with van der Waals surface area (Å²) in [7, 11) is -4.19. The average molecular weight is 574 g/mol. The first-order valence-electron chi connectivity index (χ1n) is 12.5. The number of hydrogen-bond donors (Lipinski definition) is 1. The van der Waals surface area contributed by atoms with Crippen molar-refractivity contribution in [3.05, 3.63) is 94.8 Å². The third-order valence-electron chi connectivity index (χ3n) is 6.09. The molecule has 10 heteroatoms. The van der Waals surface area contributed by atoms with Gasteiger partial charge in [0.2, 0.25) is 11.8 Å². The average Bonchev–Trinajstić information content (AvgIpc) is 2.89. The lowest BCUT2D eigenvalue weighted by molar-refractivity contribution is -0.139. The van der Waals surface area contributed by atoms with E-state index in [1.54, 1.807) is 25.1 Å². The molecule has 1 unspecified atom stereocenters. The van der Waals surface area contributed by atoms with Crippen LogP contribution in [0.2, 0.25) is 5.02 Å². The van der Waals surface area contributed by atoms with Crippen LogP contribution < -0.4 is 9.62 Å². The van der Waals surface area contributed by atoms with Crippen molar-refractivity contribution in [3.8, 4) is 0 Å². The minimum absolute atomic E-state index is 0.0158. The summed E-state index contributed by atoms with van der Waals surface area (Å²) >= 11 is 5.97. The first-order valence-corrected chi connectivity index (χ1v) is 14.4. The minimum atomic E-state index is -4.19. The number of amides is 2. The van der Waals surface area contributed by atoms with Gasteiger partial charge in [0.25, 0.3) is 10.0 Å². The lowest BCUT2D eigenvalue weighted by Gasteiger charge is -2.32. The number of aryl methyl sites for hydroxylation is 1. The molecule has 0 aromatic heterocycles. The van der Waals surface area contributed by atoms with E-state index in [2.05, 4.69) is 5.32 Å². The Hall–Kier alpha value is -3.43. The number of sulfonamides is 1. The smallest absolute Gasteiger partial charge is 0.264 e. The van der Waals surface area contributed by atoms with E-state index < -0.39 is 34.3 Å². The summed E-state index contributed by atoms with van der Waals surface area (Å²) in [5, 5.41) is 3.20. The number of halogens is 2. The van der Waals surface area contributed by atoms with Gasteiger partial charge in [-0.3, -0.25) is 13.9 Å². The van der Waals surface area contributed by atoms with Crippen LogP contribution in [0.1, 0.15) is 31.9 Å². The van der Waals surface area contributed by atoms with E-state index in [0.29, 0.717) is 22.8 Å². The first-order chi connectivity index (χ1) is 18.4. The highest BCUT2D eigenvalue weighted by Crippen LogP contribution is 2.26. The number of anilines is 1. The predicted octanol–water partition coefficient (Wildman–Crippen LogP) is 5.17. The summed E-state index contributed by atoms with van der Waals surface area (Å²) in [5.41, 5.74) is 1.70. The van der Waals surface area contributed by atoms with Crippen molar-refractivity contribution in [3.63, 3.8) is 0 Å². The molecule has 0 radical (unpaired) electrons. The van der Waals surface area contributed by atoms with Crippen molar-refractivity contribution in [1.82, 2.24) is 10.2 Å². The first kappa shape index (κ1) is 30.1. The fourth-order valence-corrected chi connectivity index (χ4v) is 5.40. The molecule has 39 heavy (non-hydrogen) atoms. The second-order valence-electron chi connectivity index (χ2n) is 9.77. The Bertz CT molecular complexity index is 1400. The number of carbonyl (C=O) groups is 2. The fraction of sp³-hybridized carbons (Fsp3) is 0.310. The number of hydrogen-bond acceptors (Lipinski definition) is 4. The predicted molar refractivity (Wildman–Crippen MR) is 151 cm³/mol. The fourth-order valence-electron chi connectivity index (χ4n) is 3.87. The van der Waals surface area contributed by atoms with Gasteiger partial charge in [-0.1, -0.05) is 49.7 Å². The minimum Gasteiger partial charge on any atom is -0.354 e. The molecule has 2 amide bonds. The quantitative estimate of drug-likeness (QED) is 0.343. The molecule has 0 fully saturated rings. The number of nitrogens with zero attached hydrogens (tertiary/aromatic N) is 2. The summed E-state index contributed by atoms with van der Waals surface area (Å²) in [5.74, 6) is -1.20. The Morgan fingerprint density at radius 3 is 2.21 bits per heavy atom. The zero-order valence-corrected chi connectivity index (χ0v) is 24.0. The molecule has 3 aromatic rings. The van der Waals surface area contributed by atoms with Crippen LogP contribution in [0.15, 0.2) is 77.7 Å². The number of rotatable bonds is 11. The number of benzene rings is 3. The molecule has 0 aliphatic rings. The Kier molecular flexibility index (Phi) is 10.1. The second kappa shape index (κ2) is 13.1. The van der Waals surface area contributed by atoms with E-state index in [-0.39, 0.29) is 23.3 Å². The van der Waals surface area contributed by atoms with Crippen LogP contribution in [-0.2, 0) is 26.2 Å². The number of carbonyl (C=O) groups excluding carboxylic acids is 2. The van der Waals surface area contributed by atoms with E-state index in [1.165, 1.54) is 53.4 Å². The van der Waals surface area contributed by atoms with E-state index in [4.69, 9.17) is 11.6 Å². The third-order valence-corrected chi connectivity index (χ3v) is 8.13. The molecule has 208 valence electrons. The Balaban J connectivity index is 2.01. The van der Waals surface area contributed by atoms with Gasteiger partial charge in [0.05, 0.1) is 10.6 Å². The van der Waals surface area contributed by atoms with Crippen LogP contribution in [0.25, 0.3) is 0 Å². The molecule has 0 aliphatic heterocycles. The van der Waals surface area contributed by atoms with Crippen molar-refractivity contribution in [2.45, 2.75) is 45.2 Å². The molecule has 0 bridgehead atoms. The van der Waals surface area contributed by atoms with Gasteiger partial charge in [0, 0.05) is 18.1 Å². The van der Waals surface area contributed by atoms with E-state index in [9.17, 15) is 22.4 Å². The van der Waals surface area contributed by atoms with Gasteiger partial charge in [0.15, 0.2) is 0 Å². The monoisotopic (exact) mass is 573 g/mol. The topological polar surface area (TPSA) is 86.8 Å². The molecular formula is C29H33ClFN3O4S. The van der Waals surface area contributed by atoms with Gasteiger partial charge >= 0.3 is 0 Å². The SMILES string of the molecule is Cc1cccc(N(CC(=O)N(Cc2ccc(F)cc2)C(C)C(=O)NCC(C)C)S(=O)(=O)c2ccc(Cl)cc2)c1. The summed E-state index contributed by atoms with van der Waals surface area (Å²) in [4.78, 5) is 28.1. The van der Waals surface area contributed by atoms with Crippen LogP contribution in [0.5, 0.6) is 0 Å². The maximum Gasteiger partial charge on any atom is 0.264 e. The lowest BCUT2D eigenvalue weighted by atomic mass is 10.1. The summed E-state index contributed by atoms with van der Waals surface area (Å²) in [6.45, 7) is 7.15. The Labute approximate surface area is 234 Å². The van der Waals surface area contributed by atoms with Gasteiger partial charge in [-0.25, -0.2) is 12.8 Å². The highest BCUT2D eigenvalue weighted by atomic mass is 35.5. The van der Waals surface area contributed by atoms with Crippen molar-refractivity contribution >= 4 is 39.1 Å². The standard InChI is InChI=1S/C29H33ClFN3O4S/c1-20(2)17-32-29(36)22(4)33(18-23-8-12-25(31)13-9-23)28(35)19-34(26-7-5-6-21(3)16-26)39(37,38)27-14-10-24(30)11-15-27/h5-16,20,22H,17-19H2,1-4H3,(H,32,36).